The summed E-state index contributed by atoms with van der Waals surface area (Å²) < 4.78 is 34.7. The lowest BCUT2D eigenvalue weighted by molar-refractivity contribution is -0.117. The summed E-state index contributed by atoms with van der Waals surface area (Å²) in [6, 6.07) is 15.8. The number of aromatic nitrogens is 3. The number of nitrogens with zero attached hydrogens (tertiary/aromatic N) is 4. The second-order valence-electron chi connectivity index (χ2n) is 7.56. The summed E-state index contributed by atoms with van der Waals surface area (Å²) in [6.07, 6.45) is 1.69. The molecule has 1 atom stereocenters. The van der Waals surface area contributed by atoms with Crippen LogP contribution in [0.25, 0.3) is 11.4 Å². The highest BCUT2D eigenvalue weighted by Crippen LogP contribution is 2.36. The molecule has 0 spiro atoms. The van der Waals surface area contributed by atoms with Crippen LogP contribution in [0.2, 0.25) is 0 Å². The van der Waals surface area contributed by atoms with Gasteiger partial charge in [0.15, 0.2) is 11.0 Å². The van der Waals surface area contributed by atoms with E-state index in [0.717, 1.165) is 5.56 Å². The van der Waals surface area contributed by atoms with Gasteiger partial charge < -0.3 is 10.5 Å². The van der Waals surface area contributed by atoms with Crippen LogP contribution in [-0.4, -0.2) is 59.7 Å². The smallest absolute Gasteiger partial charge is 0.243 e. The summed E-state index contributed by atoms with van der Waals surface area (Å²) in [4.78, 5) is 12.4. The van der Waals surface area contributed by atoms with Crippen molar-refractivity contribution in [1.29, 1.82) is 0 Å². The minimum absolute atomic E-state index is 0.175. The fraction of sp³-hybridized carbons (Fsp3) is 0.261. The number of carbonyl (C=O) groups is 1. The number of nitrogens with two attached hydrogens (primary N) is 1. The van der Waals surface area contributed by atoms with Gasteiger partial charge in [-0.15, -0.1) is 16.8 Å². The summed E-state index contributed by atoms with van der Waals surface area (Å²) in [7, 11) is -3.67. The lowest BCUT2D eigenvalue weighted by Crippen LogP contribution is -2.40. The Hall–Kier alpha value is -2.99. The Labute approximate surface area is 202 Å². The highest BCUT2D eigenvalue weighted by molar-refractivity contribution is 8.00. The van der Waals surface area contributed by atoms with Gasteiger partial charge in [-0.1, -0.05) is 60.3 Å². The SMILES string of the molecule is C=CCn1c(SC(C(N)=O)c2ccccc2)nnc1-c1cccc(S(=O)(=O)N2CCOCC2)c1. The van der Waals surface area contributed by atoms with Crippen LogP contribution >= 0.6 is 11.8 Å². The zero-order chi connectivity index (χ0) is 24.1. The number of hydrogen-bond donors (Lipinski definition) is 1. The van der Waals surface area contributed by atoms with Gasteiger partial charge in [-0.05, 0) is 17.7 Å². The number of primary amides is 1. The molecule has 3 aromatic rings. The minimum Gasteiger partial charge on any atom is -0.379 e. The van der Waals surface area contributed by atoms with Gasteiger partial charge in [-0.2, -0.15) is 4.31 Å². The molecular weight excluding hydrogens is 474 g/mol. The summed E-state index contributed by atoms with van der Waals surface area (Å²) in [5.74, 6) is -0.0257. The number of morpholine rings is 1. The number of carbonyl (C=O) groups excluding carboxylic acids is 1. The Morgan fingerprint density at radius 2 is 1.88 bits per heavy atom. The fourth-order valence-electron chi connectivity index (χ4n) is 3.64. The topological polar surface area (TPSA) is 120 Å². The monoisotopic (exact) mass is 499 g/mol. The maximum absolute atomic E-state index is 13.1. The van der Waals surface area contributed by atoms with Gasteiger partial charge >= 0.3 is 0 Å². The fourth-order valence-corrected chi connectivity index (χ4v) is 6.09. The van der Waals surface area contributed by atoms with Crippen molar-refractivity contribution in [2.45, 2.75) is 21.8 Å². The normalized spacial score (nSPS) is 15.6. The first-order valence-electron chi connectivity index (χ1n) is 10.6. The van der Waals surface area contributed by atoms with E-state index in [2.05, 4.69) is 16.8 Å². The van der Waals surface area contributed by atoms with Crippen LogP contribution in [0.4, 0.5) is 0 Å². The predicted molar refractivity (Wildman–Crippen MR) is 129 cm³/mol. The van der Waals surface area contributed by atoms with Crippen molar-refractivity contribution in [2.24, 2.45) is 5.73 Å². The number of rotatable bonds is 9. The molecule has 1 saturated heterocycles. The molecule has 178 valence electrons. The van der Waals surface area contributed by atoms with E-state index in [1.165, 1.54) is 16.1 Å². The summed E-state index contributed by atoms with van der Waals surface area (Å²) in [5, 5.41) is 8.41. The average Bonchev–Trinajstić information content (AvgIpc) is 3.26. The Morgan fingerprint density at radius 3 is 2.56 bits per heavy atom. The number of allylic oxidation sites excluding steroid dienone is 1. The number of amides is 1. The van der Waals surface area contributed by atoms with E-state index < -0.39 is 21.2 Å². The number of sulfonamides is 1. The van der Waals surface area contributed by atoms with Crippen molar-refractivity contribution >= 4 is 27.7 Å². The van der Waals surface area contributed by atoms with Crippen molar-refractivity contribution in [3.8, 4) is 11.4 Å². The lowest BCUT2D eigenvalue weighted by Gasteiger charge is -2.26. The van der Waals surface area contributed by atoms with Crippen LogP contribution in [0.3, 0.4) is 0 Å². The van der Waals surface area contributed by atoms with Crippen LogP contribution in [0.1, 0.15) is 10.8 Å². The molecule has 1 aliphatic heterocycles. The molecule has 1 fully saturated rings. The van der Waals surface area contributed by atoms with Gasteiger partial charge in [0.1, 0.15) is 5.25 Å². The Kier molecular flexibility index (Phi) is 7.47. The summed E-state index contributed by atoms with van der Waals surface area (Å²) >= 11 is 1.19. The van der Waals surface area contributed by atoms with E-state index in [1.54, 1.807) is 34.9 Å². The molecule has 0 bridgehead atoms. The number of ether oxygens (including phenoxy) is 1. The number of hydrogen-bond acceptors (Lipinski definition) is 7. The van der Waals surface area contributed by atoms with E-state index in [9.17, 15) is 13.2 Å². The molecule has 4 rings (SSSR count). The molecule has 2 N–H and O–H groups in total. The molecule has 2 heterocycles. The molecule has 1 aromatic heterocycles. The quantitative estimate of drug-likeness (QED) is 0.355. The van der Waals surface area contributed by atoms with Gasteiger partial charge in [0.05, 0.1) is 18.1 Å². The van der Waals surface area contributed by atoms with E-state index >= 15 is 0 Å². The highest BCUT2D eigenvalue weighted by Gasteiger charge is 2.28. The van der Waals surface area contributed by atoms with Crippen molar-refractivity contribution < 1.29 is 17.9 Å². The van der Waals surface area contributed by atoms with Gasteiger partial charge in [0, 0.05) is 25.2 Å². The molecule has 34 heavy (non-hydrogen) atoms. The number of thioether (sulfide) groups is 1. The van der Waals surface area contributed by atoms with Crippen LogP contribution in [0, 0.1) is 0 Å². The molecule has 0 radical (unpaired) electrons. The molecule has 2 aromatic carbocycles. The molecule has 0 saturated carbocycles. The molecule has 9 nitrogen and oxygen atoms in total. The Balaban J connectivity index is 1.69. The van der Waals surface area contributed by atoms with Gasteiger partial charge in [-0.25, -0.2) is 8.42 Å². The Morgan fingerprint density at radius 1 is 1.15 bits per heavy atom. The highest BCUT2D eigenvalue weighted by atomic mass is 32.2. The van der Waals surface area contributed by atoms with Crippen molar-refractivity contribution in [2.75, 3.05) is 26.3 Å². The average molecular weight is 500 g/mol. The van der Waals surface area contributed by atoms with E-state index in [1.807, 2.05) is 30.3 Å². The minimum atomic E-state index is -3.67. The maximum Gasteiger partial charge on any atom is 0.243 e. The zero-order valence-corrected chi connectivity index (χ0v) is 20.0. The van der Waals surface area contributed by atoms with Crippen LogP contribution in [0.5, 0.6) is 0 Å². The second kappa shape index (κ2) is 10.5. The first-order valence-corrected chi connectivity index (χ1v) is 13.0. The first kappa shape index (κ1) is 24.1. The summed E-state index contributed by atoms with van der Waals surface area (Å²) in [5.41, 5.74) is 7.03. The third-order valence-electron chi connectivity index (χ3n) is 5.31. The molecule has 1 aliphatic rings. The van der Waals surface area contributed by atoms with Gasteiger partial charge in [-0.3, -0.25) is 9.36 Å². The lowest BCUT2D eigenvalue weighted by atomic mass is 10.1. The molecule has 1 amide bonds. The molecule has 11 heteroatoms. The zero-order valence-electron chi connectivity index (χ0n) is 18.4. The van der Waals surface area contributed by atoms with Gasteiger partial charge in [0.2, 0.25) is 15.9 Å². The second-order valence-corrected chi connectivity index (χ2v) is 10.6. The molecule has 1 unspecified atom stereocenters. The summed E-state index contributed by atoms with van der Waals surface area (Å²) in [6.45, 7) is 5.54. The molecular formula is C23H25N5O4S2. The Bertz CT molecular complexity index is 1270. The third kappa shape index (κ3) is 5.07. The van der Waals surface area contributed by atoms with Crippen molar-refractivity contribution in [3.05, 3.63) is 72.8 Å². The largest absolute Gasteiger partial charge is 0.379 e. The van der Waals surface area contributed by atoms with Crippen LogP contribution < -0.4 is 5.73 Å². The first-order chi connectivity index (χ1) is 16.4. The standard InChI is InChI=1S/C23H25N5O4S2/c1-2-11-28-22(25-26-23(28)33-20(21(24)29)17-7-4-3-5-8-17)18-9-6-10-19(16-18)34(30,31)27-12-14-32-15-13-27/h2-10,16,20H,1,11-15H2,(H2,24,29). The predicted octanol–water partition coefficient (Wildman–Crippen LogP) is 2.47. The van der Waals surface area contributed by atoms with E-state index in [0.29, 0.717) is 49.4 Å². The third-order valence-corrected chi connectivity index (χ3v) is 8.46. The van der Waals surface area contributed by atoms with Crippen LogP contribution in [0.15, 0.2) is 77.3 Å². The van der Waals surface area contributed by atoms with Crippen molar-refractivity contribution in [1.82, 2.24) is 19.1 Å². The molecule has 0 aliphatic carbocycles. The number of benzene rings is 2. The van der Waals surface area contributed by atoms with Crippen molar-refractivity contribution in [3.63, 3.8) is 0 Å². The van der Waals surface area contributed by atoms with Crippen LogP contribution in [-0.2, 0) is 26.1 Å². The van der Waals surface area contributed by atoms with E-state index in [4.69, 9.17) is 10.5 Å². The van der Waals surface area contributed by atoms with Gasteiger partial charge in [0.25, 0.3) is 0 Å². The van der Waals surface area contributed by atoms with E-state index in [-0.39, 0.29) is 4.90 Å². The maximum atomic E-state index is 13.1.